The number of hydrogen-bond donors (Lipinski definition) is 2. The van der Waals surface area contributed by atoms with E-state index in [0.29, 0.717) is 17.7 Å². The van der Waals surface area contributed by atoms with Gasteiger partial charge in [0.15, 0.2) is 0 Å². The minimum atomic E-state index is 0.295. The van der Waals surface area contributed by atoms with Gasteiger partial charge >= 0.3 is 0 Å². The molecule has 4 nitrogen and oxygen atoms in total. The van der Waals surface area contributed by atoms with Gasteiger partial charge in [-0.1, -0.05) is 19.4 Å². The van der Waals surface area contributed by atoms with Crippen LogP contribution in [0.1, 0.15) is 36.5 Å². The summed E-state index contributed by atoms with van der Waals surface area (Å²) in [4.78, 5) is 9.77. The number of hydrogen-bond acceptors (Lipinski definition) is 5. The average molecular weight is 262 g/mol. The molecule has 0 bridgehead atoms. The van der Waals surface area contributed by atoms with Crippen molar-refractivity contribution in [3.8, 4) is 0 Å². The Hall–Kier alpha value is -1.62. The molecule has 18 heavy (non-hydrogen) atoms. The summed E-state index contributed by atoms with van der Waals surface area (Å²) in [6.07, 6.45) is 2.19. The lowest BCUT2D eigenvalue weighted by molar-refractivity contribution is 0.684. The Kier molecular flexibility index (Phi) is 4.15. The fourth-order valence-corrected chi connectivity index (χ4v) is 2.72. The number of aromatic nitrogens is 2. The van der Waals surface area contributed by atoms with Crippen molar-refractivity contribution in [2.24, 2.45) is 0 Å². The molecule has 3 N–H and O–H groups in total. The van der Waals surface area contributed by atoms with Crippen molar-refractivity contribution in [3.63, 3.8) is 0 Å². The summed E-state index contributed by atoms with van der Waals surface area (Å²) in [5, 5.41) is 5.54. The Morgan fingerprint density at radius 2 is 2.28 bits per heavy atom. The Morgan fingerprint density at radius 1 is 1.44 bits per heavy atom. The number of nitrogens with one attached hydrogen (secondary N) is 1. The highest BCUT2D eigenvalue weighted by Gasteiger charge is 2.12. The van der Waals surface area contributed by atoms with Crippen LogP contribution in [-0.2, 0) is 0 Å². The van der Waals surface area contributed by atoms with Gasteiger partial charge in [-0.05, 0) is 24.8 Å². The highest BCUT2D eigenvalue weighted by molar-refractivity contribution is 7.10. The minimum absolute atomic E-state index is 0.295. The van der Waals surface area contributed by atoms with Gasteiger partial charge in [-0.3, -0.25) is 0 Å². The lowest BCUT2D eigenvalue weighted by Crippen LogP contribution is -2.11. The number of aryl methyl sites for hydroxylation is 1. The lowest BCUT2D eigenvalue weighted by atomic mass is 10.1. The van der Waals surface area contributed by atoms with Gasteiger partial charge in [-0.15, -0.1) is 11.3 Å². The van der Waals surface area contributed by atoms with E-state index in [1.165, 1.54) is 4.88 Å². The Labute approximate surface area is 111 Å². The molecule has 2 rings (SSSR count). The third-order valence-electron chi connectivity index (χ3n) is 2.64. The van der Waals surface area contributed by atoms with Gasteiger partial charge in [-0.2, -0.15) is 0 Å². The van der Waals surface area contributed by atoms with E-state index in [0.717, 1.165) is 18.7 Å². The maximum Gasteiger partial charge on any atom is 0.132 e. The number of nitrogens with zero attached hydrogens (tertiary/aromatic N) is 2. The molecule has 2 aromatic rings. The van der Waals surface area contributed by atoms with Gasteiger partial charge < -0.3 is 11.1 Å². The van der Waals surface area contributed by atoms with Gasteiger partial charge in [0.2, 0.25) is 0 Å². The van der Waals surface area contributed by atoms with Crippen LogP contribution in [0, 0.1) is 6.92 Å². The van der Waals surface area contributed by atoms with Crippen LogP contribution in [0.2, 0.25) is 0 Å². The molecule has 0 aliphatic heterocycles. The van der Waals surface area contributed by atoms with Gasteiger partial charge in [0.05, 0.1) is 6.04 Å². The molecule has 0 spiro atoms. The molecule has 0 aliphatic carbocycles. The number of rotatable bonds is 5. The fourth-order valence-electron chi connectivity index (χ4n) is 1.91. The summed E-state index contributed by atoms with van der Waals surface area (Å²) in [6.45, 7) is 4.03. The van der Waals surface area contributed by atoms with Crippen LogP contribution in [0.3, 0.4) is 0 Å². The van der Waals surface area contributed by atoms with Crippen LogP contribution in [0.25, 0.3) is 0 Å². The molecule has 0 aromatic carbocycles. The number of anilines is 2. The molecule has 0 radical (unpaired) electrons. The predicted octanol–water partition coefficient (Wildman–Crippen LogP) is 3.38. The molecule has 2 heterocycles. The van der Waals surface area contributed by atoms with Crippen LogP contribution in [0.15, 0.2) is 23.6 Å². The second-order valence-corrected chi connectivity index (χ2v) is 5.21. The zero-order chi connectivity index (χ0) is 13.0. The van der Waals surface area contributed by atoms with Crippen molar-refractivity contribution in [2.75, 3.05) is 11.1 Å². The number of thiophene rings is 1. The Bertz CT molecular complexity index is 475. The first kappa shape index (κ1) is 12.8. The standard InChI is InChI=1S/C13H18N4S/c1-3-5-10(11-6-4-7-18-11)17-13-8-12(14)15-9(2)16-13/h4,6-8,10H,3,5H2,1-2H3,(H3,14,15,16,17). The number of nitrogen functional groups attached to an aromatic ring is 1. The Balaban J connectivity index is 2.18. The molecule has 0 saturated carbocycles. The molecule has 0 aliphatic rings. The average Bonchev–Trinajstić information content (AvgIpc) is 2.80. The van der Waals surface area contributed by atoms with Gasteiger partial charge in [0.25, 0.3) is 0 Å². The van der Waals surface area contributed by atoms with E-state index in [2.05, 4.69) is 39.7 Å². The zero-order valence-corrected chi connectivity index (χ0v) is 11.5. The van der Waals surface area contributed by atoms with Crippen molar-refractivity contribution < 1.29 is 0 Å². The smallest absolute Gasteiger partial charge is 0.132 e. The third kappa shape index (κ3) is 3.20. The summed E-state index contributed by atoms with van der Waals surface area (Å²) >= 11 is 1.76. The largest absolute Gasteiger partial charge is 0.384 e. The van der Waals surface area contributed by atoms with Gasteiger partial charge in [0, 0.05) is 10.9 Å². The summed E-state index contributed by atoms with van der Waals surface area (Å²) < 4.78 is 0. The summed E-state index contributed by atoms with van der Waals surface area (Å²) in [5.41, 5.74) is 5.74. The molecule has 5 heteroatoms. The van der Waals surface area contributed by atoms with Crippen molar-refractivity contribution in [3.05, 3.63) is 34.3 Å². The predicted molar refractivity (Wildman–Crippen MR) is 76.8 cm³/mol. The topological polar surface area (TPSA) is 63.8 Å². The van der Waals surface area contributed by atoms with E-state index in [4.69, 9.17) is 5.73 Å². The van der Waals surface area contributed by atoms with E-state index in [1.807, 2.05) is 6.92 Å². The van der Waals surface area contributed by atoms with Crippen LogP contribution < -0.4 is 11.1 Å². The van der Waals surface area contributed by atoms with Crippen LogP contribution in [-0.4, -0.2) is 9.97 Å². The summed E-state index contributed by atoms with van der Waals surface area (Å²) in [5.74, 6) is 2.00. The third-order valence-corrected chi connectivity index (χ3v) is 3.63. The molecule has 0 amide bonds. The van der Waals surface area contributed by atoms with Crippen molar-refractivity contribution in [1.82, 2.24) is 9.97 Å². The second kappa shape index (κ2) is 5.82. The van der Waals surface area contributed by atoms with E-state index in [-0.39, 0.29) is 0 Å². The molecule has 1 atom stereocenters. The van der Waals surface area contributed by atoms with E-state index in [9.17, 15) is 0 Å². The van der Waals surface area contributed by atoms with Crippen LogP contribution >= 0.6 is 11.3 Å². The van der Waals surface area contributed by atoms with Crippen LogP contribution in [0.5, 0.6) is 0 Å². The van der Waals surface area contributed by atoms with E-state index < -0.39 is 0 Å². The molecule has 2 aromatic heterocycles. The summed E-state index contributed by atoms with van der Waals surface area (Å²) in [6, 6.07) is 6.30. The molecular formula is C13H18N4S. The van der Waals surface area contributed by atoms with Gasteiger partial charge in [-0.25, -0.2) is 9.97 Å². The van der Waals surface area contributed by atoms with Crippen molar-refractivity contribution >= 4 is 23.0 Å². The van der Waals surface area contributed by atoms with Crippen molar-refractivity contribution in [1.29, 1.82) is 0 Å². The summed E-state index contributed by atoms with van der Waals surface area (Å²) in [7, 11) is 0. The fraction of sp³-hybridized carbons (Fsp3) is 0.385. The van der Waals surface area contributed by atoms with Crippen LogP contribution in [0.4, 0.5) is 11.6 Å². The van der Waals surface area contributed by atoms with Gasteiger partial charge in [0.1, 0.15) is 17.5 Å². The maximum absolute atomic E-state index is 5.74. The maximum atomic E-state index is 5.74. The minimum Gasteiger partial charge on any atom is -0.384 e. The Morgan fingerprint density at radius 3 is 2.89 bits per heavy atom. The highest BCUT2D eigenvalue weighted by atomic mass is 32.1. The molecule has 96 valence electrons. The SMILES string of the molecule is CCCC(Nc1cc(N)nc(C)n1)c1cccs1. The lowest BCUT2D eigenvalue weighted by Gasteiger charge is -2.17. The van der Waals surface area contributed by atoms with E-state index >= 15 is 0 Å². The zero-order valence-electron chi connectivity index (χ0n) is 10.7. The first-order chi connectivity index (χ1) is 8.69. The normalized spacial score (nSPS) is 12.3. The molecule has 0 fully saturated rings. The monoisotopic (exact) mass is 262 g/mol. The molecule has 0 saturated heterocycles. The quantitative estimate of drug-likeness (QED) is 0.867. The van der Waals surface area contributed by atoms with E-state index in [1.54, 1.807) is 17.4 Å². The number of nitrogens with two attached hydrogens (primary N) is 1. The first-order valence-corrected chi connectivity index (χ1v) is 6.98. The molecule has 1 unspecified atom stereocenters. The second-order valence-electron chi connectivity index (χ2n) is 4.23. The van der Waals surface area contributed by atoms with Crippen molar-refractivity contribution in [2.45, 2.75) is 32.7 Å². The first-order valence-electron chi connectivity index (χ1n) is 6.10. The highest BCUT2D eigenvalue weighted by Crippen LogP contribution is 2.27. The molecular weight excluding hydrogens is 244 g/mol.